The third kappa shape index (κ3) is 3.10. The smallest absolute Gasteiger partial charge is 0.255 e. The quantitative estimate of drug-likeness (QED) is 0.886. The number of carbonyl (C=O) groups is 2. The van der Waals surface area contributed by atoms with E-state index in [0.717, 1.165) is 31.7 Å². The van der Waals surface area contributed by atoms with Crippen LogP contribution >= 0.6 is 0 Å². The maximum Gasteiger partial charge on any atom is 0.255 e. The predicted molar refractivity (Wildman–Crippen MR) is 67.4 cm³/mol. The number of carbonyl (C=O) groups excluding carboxylic acids is 2. The fourth-order valence-electron chi connectivity index (χ4n) is 2.38. The molecule has 0 aliphatic heterocycles. The molecule has 0 unspecified atom stereocenters. The number of hydrogen-bond donors (Lipinski definition) is 1. The van der Waals surface area contributed by atoms with Crippen molar-refractivity contribution in [3.05, 3.63) is 29.6 Å². The Morgan fingerprint density at radius 1 is 1.32 bits per heavy atom. The molecule has 1 aromatic carbocycles. The lowest BCUT2D eigenvalue weighted by atomic mass is 10.0. The summed E-state index contributed by atoms with van der Waals surface area (Å²) < 4.78 is 18.7. The maximum absolute atomic E-state index is 13.5. The third-order valence-electron chi connectivity index (χ3n) is 3.40. The minimum absolute atomic E-state index is 0.00261. The number of primary amides is 1. The summed E-state index contributed by atoms with van der Waals surface area (Å²) in [6.07, 6.45) is 3.88. The van der Waals surface area contributed by atoms with Gasteiger partial charge in [0.1, 0.15) is 23.7 Å². The molecule has 0 aromatic heterocycles. The lowest BCUT2D eigenvalue weighted by Crippen LogP contribution is -2.21. The van der Waals surface area contributed by atoms with Gasteiger partial charge < -0.3 is 10.5 Å². The van der Waals surface area contributed by atoms with Crippen LogP contribution in [0.4, 0.5) is 4.39 Å². The summed E-state index contributed by atoms with van der Waals surface area (Å²) in [7, 11) is 0. The van der Waals surface area contributed by atoms with Gasteiger partial charge in [0.15, 0.2) is 5.78 Å². The molecule has 2 rings (SSSR count). The Labute approximate surface area is 110 Å². The number of hydrogen-bond acceptors (Lipinski definition) is 3. The zero-order chi connectivity index (χ0) is 13.8. The van der Waals surface area contributed by atoms with Gasteiger partial charge in [-0.2, -0.15) is 0 Å². The Bertz CT molecular complexity index is 495. The number of nitrogens with two attached hydrogens (primary N) is 1. The highest BCUT2D eigenvalue weighted by Crippen LogP contribution is 2.26. The summed E-state index contributed by atoms with van der Waals surface area (Å²) in [6, 6.07) is 3.98. The molecule has 102 valence electrons. The number of rotatable bonds is 5. The molecule has 0 radical (unpaired) electrons. The Morgan fingerprint density at radius 3 is 2.63 bits per heavy atom. The monoisotopic (exact) mass is 265 g/mol. The van der Waals surface area contributed by atoms with Gasteiger partial charge in [-0.15, -0.1) is 0 Å². The summed E-state index contributed by atoms with van der Waals surface area (Å²) in [5.41, 5.74) is 4.80. The Kier molecular flexibility index (Phi) is 4.14. The van der Waals surface area contributed by atoms with E-state index >= 15 is 0 Å². The molecule has 1 amide bonds. The summed E-state index contributed by atoms with van der Waals surface area (Å²) >= 11 is 0. The van der Waals surface area contributed by atoms with Crippen molar-refractivity contribution in [3.8, 4) is 5.75 Å². The van der Waals surface area contributed by atoms with Gasteiger partial charge in [0, 0.05) is 5.92 Å². The first-order valence-electron chi connectivity index (χ1n) is 6.33. The van der Waals surface area contributed by atoms with Crippen molar-refractivity contribution < 1.29 is 18.7 Å². The van der Waals surface area contributed by atoms with Crippen LogP contribution < -0.4 is 10.5 Å². The highest BCUT2D eigenvalue weighted by atomic mass is 19.1. The van der Waals surface area contributed by atoms with Crippen LogP contribution in [-0.4, -0.2) is 18.3 Å². The number of benzene rings is 1. The highest BCUT2D eigenvalue weighted by Gasteiger charge is 2.23. The SMILES string of the molecule is NC(=O)c1c(F)cccc1OCC(=O)C1CCCC1. The van der Waals surface area contributed by atoms with Gasteiger partial charge in [0.05, 0.1) is 0 Å². The van der Waals surface area contributed by atoms with Gasteiger partial charge in [-0.1, -0.05) is 18.9 Å². The van der Waals surface area contributed by atoms with Crippen molar-refractivity contribution in [1.82, 2.24) is 0 Å². The molecule has 4 nitrogen and oxygen atoms in total. The van der Waals surface area contributed by atoms with Gasteiger partial charge >= 0.3 is 0 Å². The lowest BCUT2D eigenvalue weighted by Gasteiger charge is -2.12. The second-order valence-corrected chi connectivity index (χ2v) is 4.71. The van der Waals surface area contributed by atoms with Crippen LogP contribution in [0.15, 0.2) is 18.2 Å². The van der Waals surface area contributed by atoms with Crippen LogP contribution in [0.5, 0.6) is 5.75 Å². The first-order valence-corrected chi connectivity index (χ1v) is 6.33. The molecule has 19 heavy (non-hydrogen) atoms. The predicted octanol–water partition coefficient (Wildman–Crippen LogP) is 2.06. The average molecular weight is 265 g/mol. The number of halogens is 1. The minimum atomic E-state index is -0.901. The van der Waals surface area contributed by atoms with E-state index in [1.165, 1.54) is 12.1 Å². The largest absolute Gasteiger partial charge is 0.485 e. The highest BCUT2D eigenvalue weighted by molar-refractivity contribution is 5.96. The summed E-state index contributed by atoms with van der Waals surface area (Å²) in [5.74, 6) is -1.58. The fourth-order valence-corrected chi connectivity index (χ4v) is 2.38. The molecule has 2 N–H and O–H groups in total. The van der Waals surface area contributed by atoms with Crippen molar-refractivity contribution >= 4 is 11.7 Å². The number of ether oxygens (including phenoxy) is 1. The van der Waals surface area contributed by atoms with Gasteiger partial charge in [0.25, 0.3) is 5.91 Å². The summed E-state index contributed by atoms with van der Waals surface area (Å²) in [4.78, 5) is 23.0. The van der Waals surface area contributed by atoms with Crippen molar-refractivity contribution in [2.75, 3.05) is 6.61 Å². The zero-order valence-corrected chi connectivity index (χ0v) is 10.5. The minimum Gasteiger partial charge on any atom is -0.485 e. The summed E-state index contributed by atoms with van der Waals surface area (Å²) in [6.45, 7) is -0.144. The van der Waals surface area contributed by atoms with Crippen molar-refractivity contribution in [2.45, 2.75) is 25.7 Å². The lowest BCUT2D eigenvalue weighted by molar-refractivity contribution is -0.124. The van der Waals surface area contributed by atoms with Crippen LogP contribution in [0.2, 0.25) is 0 Å². The topological polar surface area (TPSA) is 69.4 Å². The van der Waals surface area contributed by atoms with Gasteiger partial charge in [-0.25, -0.2) is 4.39 Å². The molecule has 1 aliphatic rings. The van der Waals surface area contributed by atoms with E-state index < -0.39 is 11.7 Å². The molecule has 1 aromatic rings. The first kappa shape index (κ1) is 13.5. The standard InChI is InChI=1S/C14H16FNO3/c15-10-6-3-7-12(13(10)14(16)18)19-8-11(17)9-4-1-2-5-9/h3,6-7,9H,1-2,4-5,8H2,(H2,16,18). The second kappa shape index (κ2) is 5.82. The molecule has 1 saturated carbocycles. The molecule has 1 fully saturated rings. The zero-order valence-electron chi connectivity index (χ0n) is 10.5. The Morgan fingerprint density at radius 2 is 2.00 bits per heavy atom. The maximum atomic E-state index is 13.5. The van der Waals surface area contributed by atoms with E-state index in [4.69, 9.17) is 10.5 Å². The van der Waals surface area contributed by atoms with E-state index in [1.807, 2.05) is 0 Å². The van der Waals surface area contributed by atoms with Crippen molar-refractivity contribution in [1.29, 1.82) is 0 Å². The van der Waals surface area contributed by atoms with E-state index in [1.54, 1.807) is 0 Å². The van der Waals surface area contributed by atoms with Crippen LogP contribution in [-0.2, 0) is 4.79 Å². The molecule has 1 aliphatic carbocycles. The molecule has 0 saturated heterocycles. The van der Waals surface area contributed by atoms with Crippen LogP contribution in [0, 0.1) is 11.7 Å². The van der Waals surface area contributed by atoms with Crippen LogP contribution in [0.25, 0.3) is 0 Å². The third-order valence-corrected chi connectivity index (χ3v) is 3.40. The number of Topliss-reactive ketones (excluding diaryl/α,β-unsaturated/α-hetero) is 1. The fraction of sp³-hybridized carbons (Fsp3) is 0.429. The molecular formula is C14H16FNO3. The molecule has 0 bridgehead atoms. The molecular weight excluding hydrogens is 249 g/mol. The van der Waals surface area contributed by atoms with E-state index in [0.29, 0.717) is 0 Å². The first-order chi connectivity index (χ1) is 9.09. The second-order valence-electron chi connectivity index (χ2n) is 4.71. The number of amides is 1. The Balaban J connectivity index is 2.05. The van der Waals surface area contributed by atoms with E-state index in [2.05, 4.69) is 0 Å². The molecule has 0 spiro atoms. The van der Waals surface area contributed by atoms with Gasteiger partial charge in [-0.3, -0.25) is 9.59 Å². The molecule has 0 heterocycles. The molecule has 0 atom stereocenters. The van der Waals surface area contributed by atoms with Crippen molar-refractivity contribution in [2.24, 2.45) is 11.7 Å². The van der Waals surface area contributed by atoms with Crippen LogP contribution in [0.1, 0.15) is 36.0 Å². The molecule has 5 heteroatoms. The van der Waals surface area contributed by atoms with Gasteiger partial charge in [-0.05, 0) is 25.0 Å². The van der Waals surface area contributed by atoms with E-state index in [-0.39, 0.29) is 29.6 Å². The normalized spacial score (nSPS) is 15.4. The summed E-state index contributed by atoms with van der Waals surface area (Å²) in [5, 5.41) is 0. The van der Waals surface area contributed by atoms with E-state index in [9.17, 15) is 14.0 Å². The average Bonchev–Trinajstić information content (AvgIpc) is 2.89. The number of ketones is 1. The van der Waals surface area contributed by atoms with Gasteiger partial charge in [0.2, 0.25) is 0 Å². The Hall–Kier alpha value is -1.91. The van der Waals surface area contributed by atoms with Crippen LogP contribution in [0.3, 0.4) is 0 Å². The van der Waals surface area contributed by atoms with Crippen molar-refractivity contribution in [3.63, 3.8) is 0 Å².